The number of benzene rings is 2. The van der Waals surface area contributed by atoms with Gasteiger partial charge in [0.2, 0.25) is 5.91 Å². The molecule has 0 aliphatic rings. The van der Waals surface area contributed by atoms with Crippen LogP contribution >= 0.6 is 11.6 Å². The maximum Gasteiger partial charge on any atom is 0.230 e. The van der Waals surface area contributed by atoms with Crippen LogP contribution in [0.5, 0.6) is 0 Å². The molecule has 1 aromatic heterocycles. The minimum absolute atomic E-state index is 0.138. The molecular formula is C19H19ClN2O2. The van der Waals surface area contributed by atoms with Crippen LogP contribution in [0.1, 0.15) is 27.9 Å². The number of anilines is 1. The topological polar surface area (TPSA) is 55.1 Å². The Morgan fingerprint density at radius 3 is 2.50 bits per heavy atom. The Balaban J connectivity index is 1.85. The van der Waals surface area contributed by atoms with Crippen molar-refractivity contribution in [3.05, 3.63) is 57.2 Å². The second-order valence-electron chi connectivity index (χ2n) is 6.23. The molecule has 1 N–H and O–H groups in total. The number of nitrogens with one attached hydrogen (secondary N) is 1. The third-order valence-corrected chi connectivity index (χ3v) is 4.48. The summed E-state index contributed by atoms with van der Waals surface area (Å²) >= 11 is 6.25. The molecule has 1 heterocycles. The van der Waals surface area contributed by atoms with E-state index in [1.807, 2.05) is 52.0 Å². The van der Waals surface area contributed by atoms with Gasteiger partial charge in [0.25, 0.3) is 0 Å². The van der Waals surface area contributed by atoms with E-state index in [1.54, 1.807) is 0 Å². The number of nitrogens with zero attached hydrogens (tertiary/aromatic N) is 1. The van der Waals surface area contributed by atoms with Gasteiger partial charge in [-0.15, -0.1) is 0 Å². The highest BCUT2D eigenvalue weighted by atomic mass is 35.5. The maximum absolute atomic E-state index is 12.4. The fourth-order valence-electron chi connectivity index (χ4n) is 2.78. The van der Waals surface area contributed by atoms with E-state index in [4.69, 9.17) is 16.1 Å². The summed E-state index contributed by atoms with van der Waals surface area (Å²) < 4.78 is 5.34. The monoisotopic (exact) mass is 342 g/mol. The van der Waals surface area contributed by atoms with Gasteiger partial charge in [-0.2, -0.15) is 0 Å². The van der Waals surface area contributed by atoms with Gasteiger partial charge >= 0.3 is 0 Å². The van der Waals surface area contributed by atoms with Crippen molar-refractivity contribution in [1.29, 1.82) is 0 Å². The predicted octanol–water partition coefficient (Wildman–Crippen LogP) is 4.90. The van der Waals surface area contributed by atoms with E-state index < -0.39 is 0 Å². The van der Waals surface area contributed by atoms with Crippen molar-refractivity contribution in [1.82, 2.24) is 5.16 Å². The molecule has 5 heteroatoms. The van der Waals surface area contributed by atoms with Crippen LogP contribution in [0, 0.1) is 27.7 Å². The largest absolute Gasteiger partial charge is 0.356 e. The first-order chi connectivity index (χ1) is 11.3. The van der Waals surface area contributed by atoms with Crippen molar-refractivity contribution < 1.29 is 9.32 Å². The van der Waals surface area contributed by atoms with Gasteiger partial charge in [0.05, 0.1) is 17.1 Å². The molecule has 0 radical (unpaired) electrons. The van der Waals surface area contributed by atoms with Crippen LogP contribution in [0.25, 0.3) is 11.0 Å². The Kier molecular flexibility index (Phi) is 4.33. The molecule has 3 aromatic rings. The van der Waals surface area contributed by atoms with Gasteiger partial charge in [0, 0.05) is 5.39 Å². The first-order valence-electron chi connectivity index (χ1n) is 7.77. The van der Waals surface area contributed by atoms with Gasteiger partial charge < -0.3 is 9.84 Å². The van der Waals surface area contributed by atoms with Gasteiger partial charge in [-0.1, -0.05) is 22.8 Å². The van der Waals surface area contributed by atoms with E-state index in [9.17, 15) is 4.79 Å². The lowest BCUT2D eigenvalue weighted by Crippen LogP contribution is -2.16. The third kappa shape index (κ3) is 3.15. The standard InChI is InChI=1S/C19H19ClN2O2/c1-10-5-13(4)19(15(20)6-10)21-18(23)9-16-14-7-11(2)12(3)8-17(14)24-22-16/h5-8H,9H2,1-4H3,(H,21,23). The number of amides is 1. The Hall–Kier alpha value is -2.33. The minimum Gasteiger partial charge on any atom is -0.356 e. The summed E-state index contributed by atoms with van der Waals surface area (Å²) in [4.78, 5) is 12.4. The molecule has 3 rings (SSSR count). The Morgan fingerprint density at radius 2 is 1.79 bits per heavy atom. The van der Waals surface area contributed by atoms with E-state index in [2.05, 4.69) is 10.5 Å². The number of fused-ring (bicyclic) bond motifs is 1. The van der Waals surface area contributed by atoms with Crippen LogP contribution in [0.15, 0.2) is 28.8 Å². The summed E-state index contributed by atoms with van der Waals surface area (Å²) in [5.74, 6) is -0.169. The minimum atomic E-state index is -0.169. The number of aryl methyl sites for hydroxylation is 4. The zero-order valence-corrected chi connectivity index (χ0v) is 14.9. The van der Waals surface area contributed by atoms with Gasteiger partial charge in [0.1, 0.15) is 5.69 Å². The Bertz CT molecular complexity index is 921. The average Bonchev–Trinajstić information content (AvgIpc) is 2.85. The van der Waals surface area contributed by atoms with Crippen molar-refractivity contribution >= 4 is 34.2 Å². The second kappa shape index (κ2) is 6.29. The van der Waals surface area contributed by atoms with Crippen molar-refractivity contribution in [2.45, 2.75) is 34.1 Å². The third-order valence-electron chi connectivity index (χ3n) is 4.19. The van der Waals surface area contributed by atoms with E-state index in [0.717, 1.165) is 27.6 Å². The number of halogens is 1. The molecule has 0 atom stereocenters. The van der Waals surface area contributed by atoms with Crippen molar-refractivity contribution in [3.8, 4) is 0 Å². The van der Waals surface area contributed by atoms with Crippen LogP contribution in [-0.4, -0.2) is 11.1 Å². The average molecular weight is 343 g/mol. The fourth-order valence-corrected chi connectivity index (χ4v) is 3.15. The lowest BCUT2D eigenvalue weighted by molar-refractivity contribution is -0.115. The molecule has 0 aliphatic carbocycles. The summed E-state index contributed by atoms with van der Waals surface area (Å²) in [7, 11) is 0. The molecule has 1 amide bonds. The van der Waals surface area contributed by atoms with Crippen LogP contribution < -0.4 is 5.32 Å². The Labute approximate surface area is 145 Å². The zero-order chi connectivity index (χ0) is 17.4. The number of hydrogen-bond acceptors (Lipinski definition) is 3. The number of aromatic nitrogens is 1. The lowest BCUT2D eigenvalue weighted by atomic mass is 10.1. The number of hydrogen-bond donors (Lipinski definition) is 1. The Morgan fingerprint density at radius 1 is 1.08 bits per heavy atom. The predicted molar refractivity (Wildman–Crippen MR) is 96.7 cm³/mol. The molecule has 2 aromatic carbocycles. The van der Waals surface area contributed by atoms with Gasteiger partial charge in [-0.25, -0.2) is 0 Å². The summed E-state index contributed by atoms with van der Waals surface area (Å²) in [6, 6.07) is 7.77. The van der Waals surface area contributed by atoms with E-state index >= 15 is 0 Å². The molecule has 0 unspecified atom stereocenters. The van der Waals surface area contributed by atoms with Crippen molar-refractivity contribution in [3.63, 3.8) is 0 Å². The van der Waals surface area contributed by atoms with Crippen molar-refractivity contribution in [2.24, 2.45) is 0 Å². The normalized spacial score (nSPS) is 11.0. The quantitative estimate of drug-likeness (QED) is 0.736. The number of rotatable bonds is 3. The molecule has 0 saturated carbocycles. The van der Waals surface area contributed by atoms with Crippen LogP contribution in [0.4, 0.5) is 5.69 Å². The highest BCUT2D eigenvalue weighted by Crippen LogP contribution is 2.28. The highest BCUT2D eigenvalue weighted by Gasteiger charge is 2.15. The summed E-state index contributed by atoms with van der Waals surface area (Å²) in [6.07, 6.45) is 0.138. The second-order valence-corrected chi connectivity index (χ2v) is 6.63. The van der Waals surface area contributed by atoms with E-state index in [1.165, 1.54) is 0 Å². The van der Waals surface area contributed by atoms with Crippen LogP contribution in [0.2, 0.25) is 5.02 Å². The first-order valence-corrected chi connectivity index (χ1v) is 8.15. The first kappa shape index (κ1) is 16.5. The summed E-state index contributed by atoms with van der Waals surface area (Å²) in [5, 5.41) is 8.35. The number of carbonyl (C=O) groups is 1. The number of carbonyl (C=O) groups excluding carboxylic acids is 1. The van der Waals surface area contributed by atoms with Gasteiger partial charge in [-0.05, 0) is 68.1 Å². The van der Waals surface area contributed by atoms with Gasteiger partial charge in [0.15, 0.2) is 5.58 Å². The van der Waals surface area contributed by atoms with E-state index in [0.29, 0.717) is 22.0 Å². The SMILES string of the molecule is Cc1cc(C)c(NC(=O)Cc2noc3cc(C)c(C)cc23)c(Cl)c1. The fraction of sp³-hybridized carbons (Fsp3) is 0.263. The molecule has 124 valence electrons. The summed E-state index contributed by atoms with van der Waals surface area (Å²) in [5.41, 5.74) is 6.25. The molecule has 24 heavy (non-hydrogen) atoms. The van der Waals surface area contributed by atoms with E-state index in [-0.39, 0.29) is 12.3 Å². The van der Waals surface area contributed by atoms with Crippen LogP contribution in [0.3, 0.4) is 0 Å². The van der Waals surface area contributed by atoms with Gasteiger partial charge in [-0.3, -0.25) is 4.79 Å². The molecule has 0 bridgehead atoms. The summed E-state index contributed by atoms with van der Waals surface area (Å²) in [6.45, 7) is 7.94. The highest BCUT2D eigenvalue weighted by molar-refractivity contribution is 6.34. The molecule has 0 aliphatic heterocycles. The maximum atomic E-state index is 12.4. The molecule has 0 saturated heterocycles. The molecule has 0 fully saturated rings. The lowest BCUT2D eigenvalue weighted by Gasteiger charge is -2.11. The molecule has 4 nitrogen and oxygen atoms in total. The van der Waals surface area contributed by atoms with Crippen molar-refractivity contribution in [2.75, 3.05) is 5.32 Å². The van der Waals surface area contributed by atoms with Crippen LogP contribution in [-0.2, 0) is 11.2 Å². The molecule has 0 spiro atoms. The zero-order valence-electron chi connectivity index (χ0n) is 14.2. The smallest absolute Gasteiger partial charge is 0.230 e. The molecular weight excluding hydrogens is 324 g/mol.